The lowest BCUT2D eigenvalue weighted by Crippen LogP contribution is -2.40. The SMILES string of the molecule is Cc1nn(C)c(C)c1C(=O)NC(CN1C(=O)COC1=O)c1ccccc1. The summed E-state index contributed by atoms with van der Waals surface area (Å²) in [5, 5.41) is 7.17. The molecule has 8 nitrogen and oxygen atoms in total. The molecule has 8 heteroatoms. The van der Waals surface area contributed by atoms with Crippen molar-refractivity contribution in [2.24, 2.45) is 7.05 Å². The summed E-state index contributed by atoms with van der Waals surface area (Å²) in [5.41, 5.74) is 2.63. The number of ether oxygens (including phenoxy) is 1. The summed E-state index contributed by atoms with van der Waals surface area (Å²) in [6.45, 7) is 3.31. The fourth-order valence-electron chi connectivity index (χ4n) is 2.99. The largest absolute Gasteiger partial charge is 0.439 e. The minimum atomic E-state index is -0.695. The second-order valence-corrected chi connectivity index (χ2v) is 6.17. The molecule has 3 amide bonds. The Morgan fingerprint density at radius 3 is 2.50 bits per heavy atom. The molecule has 0 spiro atoms. The maximum absolute atomic E-state index is 12.8. The van der Waals surface area contributed by atoms with Crippen molar-refractivity contribution in [3.8, 4) is 0 Å². The van der Waals surface area contributed by atoms with Gasteiger partial charge in [-0.05, 0) is 19.4 Å². The van der Waals surface area contributed by atoms with Crippen LogP contribution in [-0.4, -0.2) is 45.7 Å². The molecule has 1 aromatic carbocycles. The zero-order valence-electron chi connectivity index (χ0n) is 14.9. The molecular formula is C18H20N4O4. The predicted octanol–water partition coefficient (Wildman–Crippen LogP) is 1.49. The van der Waals surface area contributed by atoms with E-state index in [9.17, 15) is 14.4 Å². The number of carbonyl (C=O) groups is 3. The second kappa shape index (κ2) is 6.99. The number of hydrogen-bond acceptors (Lipinski definition) is 5. The van der Waals surface area contributed by atoms with Gasteiger partial charge in [0.15, 0.2) is 6.61 Å². The Morgan fingerprint density at radius 1 is 1.27 bits per heavy atom. The summed E-state index contributed by atoms with van der Waals surface area (Å²) in [7, 11) is 1.77. The van der Waals surface area contributed by atoms with Crippen molar-refractivity contribution in [3.63, 3.8) is 0 Å². The number of benzene rings is 1. The molecule has 0 radical (unpaired) electrons. The molecule has 1 saturated heterocycles. The van der Waals surface area contributed by atoms with Crippen molar-refractivity contribution in [1.29, 1.82) is 0 Å². The van der Waals surface area contributed by atoms with Gasteiger partial charge in [-0.3, -0.25) is 14.3 Å². The van der Waals surface area contributed by atoms with Gasteiger partial charge in [-0.1, -0.05) is 30.3 Å². The van der Waals surface area contributed by atoms with Crippen LogP contribution in [-0.2, 0) is 16.6 Å². The van der Waals surface area contributed by atoms with Gasteiger partial charge in [-0.25, -0.2) is 9.69 Å². The number of carbonyl (C=O) groups excluding carboxylic acids is 3. The van der Waals surface area contributed by atoms with E-state index in [1.54, 1.807) is 18.7 Å². The maximum atomic E-state index is 12.8. The molecule has 1 aromatic heterocycles. The molecule has 1 aliphatic rings. The number of aromatic nitrogens is 2. The molecule has 1 fully saturated rings. The van der Waals surface area contributed by atoms with Gasteiger partial charge >= 0.3 is 6.09 Å². The van der Waals surface area contributed by atoms with Gasteiger partial charge < -0.3 is 10.1 Å². The standard InChI is InChI=1S/C18H20N4O4/c1-11-16(12(2)21(3)20-11)17(24)19-14(13-7-5-4-6-8-13)9-22-15(23)10-26-18(22)25/h4-8,14H,9-10H2,1-3H3,(H,19,24). The van der Waals surface area contributed by atoms with Crippen molar-refractivity contribution in [3.05, 3.63) is 52.8 Å². The molecule has 26 heavy (non-hydrogen) atoms. The van der Waals surface area contributed by atoms with E-state index in [0.717, 1.165) is 16.2 Å². The first-order valence-corrected chi connectivity index (χ1v) is 8.21. The lowest BCUT2D eigenvalue weighted by Gasteiger charge is -2.23. The molecule has 1 N–H and O–H groups in total. The molecule has 0 saturated carbocycles. The Labute approximate surface area is 150 Å². The average Bonchev–Trinajstić information content (AvgIpc) is 3.06. The zero-order valence-corrected chi connectivity index (χ0v) is 14.9. The fourth-order valence-corrected chi connectivity index (χ4v) is 2.99. The Balaban J connectivity index is 1.87. The number of nitrogens with zero attached hydrogens (tertiary/aromatic N) is 3. The third-order valence-electron chi connectivity index (χ3n) is 4.45. The predicted molar refractivity (Wildman–Crippen MR) is 92.4 cm³/mol. The average molecular weight is 356 g/mol. The highest BCUT2D eigenvalue weighted by molar-refractivity contribution is 5.98. The molecule has 1 aliphatic heterocycles. The minimum Gasteiger partial charge on any atom is -0.439 e. The van der Waals surface area contributed by atoms with Gasteiger partial charge in [-0.15, -0.1) is 0 Å². The summed E-state index contributed by atoms with van der Waals surface area (Å²) in [6, 6.07) is 8.63. The van der Waals surface area contributed by atoms with Crippen LogP contribution < -0.4 is 5.32 Å². The van der Waals surface area contributed by atoms with Crippen molar-refractivity contribution in [2.75, 3.05) is 13.2 Å². The number of rotatable bonds is 5. The van der Waals surface area contributed by atoms with Crippen molar-refractivity contribution >= 4 is 17.9 Å². The number of hydrogen-bond donors (Lipinski definition) is 1. The van der Waals surface area contributed by atoms with Crippen molar-refractivity contribution in [2.45, 2.75) is 19.9 Å². The molecular weight excluding hydrogens is 336 g/mol. The summed E-state index contributed by atoms with van der Waals surface area (Å²) in [6.07, 6.45) is -0.695. The highest BCUT2D eigenvalue weighted by Gasteiger charge is 2.34. The zero-order chi connectivity index (χ0) is 18.8. The van der Waals surface area contributed by atoms with Crippen LogP contribution in [0.15, 0.2) is 30.3 Å². The van der Waals surface area contributed by atoms with E-state index >= 15 is 0 Å². The maximum Gasteiger partial charge on any atom is 0.417 e. The van der Waals surface area contributed by atoms with E-state index in [2.05, 4.69) is 10.4 Å². The molecule has 0 aliphatic carbocycles. The van der Waals surface area contributed by atoms with Crippen LogP contribution in [0, 0.1) is 13.8 Å². The minimum absolute atomic E-state index is 0.00573. The van der Waals surface area contributed by atoms with E-state index in [0.29, 0.717) is 11.3 Å². The van der Waals surface area contributed by atoms with Gasteiger partial charge in [0.2, 0.25) is 0 Å². The molecule has 1 atom stereocenters. The van der Waals surface area contributed by atoms with E-state index in [-0.39, 0.29) is 19.1 Å². The van der Waals surface area contributed by atoms with Crippen molar-refractivity contribution in [1.82, 2.24) is 20.0 Å². The molecule has 0 bridgehead atoms. The van der Waals surface area contributed by atoms with Gasteiger partial charge in [-0.2, -0.15) is 5.10 Å². The van der Waals surface area contributed by atoms with Crippen LogP contribution in [0.3, 0.4) is 0 Å². The summed E-state index contributed by atoms with van der Waals surface area (Å²) in [5.74, 6) is -0.721. The number of nitrogens with one attached hydrogen (secondary N) is 1. The number of amides is 3. The third kappa shape index (κ3) is 3.30. The Morgan fingerprint density at radius 2 is 1.96 bits per heavy atom. The van der Waals surface area contributed by atoms with E-state index in [1.165, 1.54) is 0 Å². The first-order valence-electron chi connectivity index (χ1n) is 8.21. The highest BCUT2D eigenvalue weighted by Crippen LogP contribution is 2.19. The molecule has 3 rings (SSSR count). The van der Waals surface area contributed by atoms with Gasteiger partial charge in [0.25, 0.3) is 11.8 Å². The van der Waals surface area contributed by atoms with Crippen LogP contribution >= 0.6 is 0 Å². The molecule has 1 unspecified atom stereocenters. The Bertz CT molecular complexity index is 844. The summed E-state index contributed by atoms with van der Waals surface area (Å²) < 4.78 is 6.40. The lowest BCUT2D eigenvalue weighted by atomic mass is 10.1. The van der Waals surface area contributed by atoms with Gasteiger partial charge in [0.1, 0.15) is 0 Å². The summed E-state index contributed by atoms with van der Waals surface area (Å²) >= 11 is 0. The molecule has 2 heterocycles. The van der Waals surface area contributed by atoms with Crippen LogP contribution in [0.1, 0.15) is 33.4 Å². The third-order valence-corrected chi connectivity index (χ3v) is 4.45. The van der Waals surface area contributed by atoms with Gasteiger partial charge in [0, 0.05) is 12.7 Å². The highest BCUT2D eigenvalue weighted by atomic mass is 16.6. The van der Waals surface area contributed by atoms with Crippen LogP contribution in [0.5, 0.6) is 0 Å². The quantitative estimate of drug-likeness (QED) is 0.876. The second-order valence-electron chi connectivity index (χ2n) is 6.17. The number of cyclic esters (lactones) is 1. The van der Waals surface area contributed by atoms with Crippen LogP contribution in [0.2, 0.25) is 0 Å². The topological polar surface area (TPSA) is 93.5 Å². The number of aryl methyl sites for hydroxylation is 2. The normalized spacial score (nSPS) is 15.1. The number of imide groups is 1. The smallest absolute Gasteiger partial charge is 0.417 e. The Kier molecular flexibility index (Phi) is 4.75. The molecule has 2 aromatic rings. The van der Waals surface area contributed by atoms with E-state index < -0.39 is 18.0 Å². The van der Waals surface area contributed by atoms with Crippen molar-refractivity contribution < 1.29 is 19.1 Å². The first-order chi connectivity index (χ1) is 12.4. The first kappa shape index (κ1) is 17.7. The fraction of sp³-hybridized carbons (Fsp3) is 0.333. The van der Waals surface area contributed by atoms with Gasteiger partial charge in [0.05, 0.1) is 23.8 Å². The Hall–Kier alpha value is -3.16. The molecule has 136 valence electrons. The van der Waals surface area contributed by atoms with Crippen LogP contribution in [0.25, 0.3) is 0 Å². The van der Waals surface area contributed by atoms with E-state index in [4.69, 9.17) is 4.74 Å². The summed E-state index contributed by atoms with van der Waals surface area (Å²) in [4.78, 5) is 37.5. The lowest BCUT2D eigenvalue weighted by molar-refractivity contribution is -0.126. The monoisotopic (exact) mass is 356 g/mol. The van der Waals surface area contributed by atoms with Crippen LogP contribution in [0.4, 0.5) is 4.79 Å². The van der Waals surface area contributed by atoms with E-state index in [1.807, 2.05) is 37.3 Å².